The van der Waals surface area contributed by atoms with Crippen molar-refractivity contribution >= 4 is 28.9 Å². The largest absolute Gasteiger partial charge is 0.345 e. The molecule has 1 heterocycles. The topological polar surface area (TPSA) is 23.6 Å². The maximum Gasteiger partial charge on any atom is 0.237 e. The number of hydrogen-bond acceptors (Lipinski definition) is 2. The van der Waals surface area contributed by atoms with Crippen LogP contribution in [0.2, 0.25) is 0 Å². The van der Waals surface area contributed by atoms with E-state index in [4.69, 9.17) is 12.2 Å². The molecule has 0 bridgehead atoms. The summed E-state index contributed by atoms with van der Waals surface area (Å²) in [4.78, 5) is 16.6. The Bertz CT molecular complexity index is 525. The highest BCUT2D eigenvalue weighted by atomic mass is 32.1. The fourth-order valence-electron chi connectivity index (χ4n) is 3.41. The second-order valence-corrected chi connectivity index (χ2v) is 6.50. The van der Waals surface area contributed by atoms with Crippen molar-refractivity contribution in [3.05, 3.63) is 30.3 Å². The molecule has 1 atom stereocenters. The number of nitrogens with zero attached hydrogens (tertiary/aromatic N) is 2. The lowest BCUT2D eigenvalue weighted by atomic mass is 9.92. The van der Waals surface area contributed by atoms with Crippen molar-refractivity contribution in [3.8, 4) is 0 Å². The lowest BCUT2D eigenvalue weighted by Crippen LogP contribution is -2.59. The average Bonchev–Trinajstić information content (AvgIpc) is 2.53. The Hall–Kier alpha value is -1.42. The van der Waals surface area contributed by atoms with E-state index in [0.29, 0.717) is 11.2 Å². The van der Waals surface area contributed by atoms with Gasteiger partial charge in [-0.25, -0.2) is 0 Å². The molecule has 112 valence electrons. The van der Waals surface area contributed by atoms with Gasteiger partial charge in [-0.1, -0.05) is 44.4 Å². The highest BCUT2D eigenvalue weighted by Crippen LogP contribution is 2.30. The molecule has 4 heteroatoms. The Morgan fingerprint density at radius 1 is 1.10 bits per heavy atom. The summed E-state index contributed by atoms with van der Waals surface area (Å²) < 4.78 is 0. The van der Waals surface area contributed by atoms with Crippen molar-refractivity contribution in [2.75, 3.05) is 11.4 Å². The van der Waals surface area contributed by atoms with Crippen molar-refractivity contribution in [2.45, 2.75) is 45.1 Å². The summed E-state index contributed by atoms with van der Waals surface area (Å²) in [5.74, 6) is 0.122. The molecule has 3 rings (SSSR count). The van der Waals surface area contributed by atoms with Crippen LogP contribution in [0.5, 0.6) is 0 Å². The molecule has 2 aliphatic rings. The molecule has 1 aliphatic carbocycles. The highest BCUT2D eigenvalue weighted by molar-refractivity contribution is 7.80. The van der Waals surface area contributed by atoms with Crippen LogP contribution in [0.15, 0.2) is 30.3 Å². The van der Waals surface area contributed by atoms with Gasteiger partial charge in [0.1, 0.15) is 0 Å². The summed E-state index contributed by atoms with van der Waals surface area (Å²) in [7, 11) is 0. The molecule has 1 saturated heterocycles. The number of benzene rings is 1. The fourth-order valence-corrected chi connectivity index (χ4v) is 3.83. The normalized spacial score (nSPS) is 24.5. The van der Waals surface area contributed by atoms with Crippen LogP contribution >= 0.6 is 12.2 Å². The van der Waals surface area contributed by atoms with Crippen LogP contribution in [0.1, 0.15) is 39.0 Å². The minimum atomic E-state index is -0.00108. The number of thiocarbonyl (C=S) groups is 1. The Balaban J connectivity index is 1.88. The predicted molar refractivity (Wildman–Crippen MR) is 89.3 cm³/mol. The molecule has 21 heavy (non-hydrogen) atoms. The minimum Gasteiger partial charge on any atom is -0.345 e. The Kier molecular flexibility index (Phi) is 4.24. The quantitative estimate of drug-likeness (QED) is 0.780. The van der Waals surface area contributed by atoms with E-state index in [9.17, 15) is 4.79 Å². The van der Waals surface area contributed by atoms with Crippen LogP contribution in [0.3, 0.4) is 0 Å². The van der Waals surface area contributed by atoms with Crippen molar-refractivity contribution in [1.29, 1.82) is 0 Å². The number of anilines is 1. The number of rotatable bonds is 2. The average molecular weight is 302 g/mol. The zero-order chi connectivity index (χ0) is 14.8. The second kappa shape index (κ2) is 6.14. The van der Waals surface area contributed by atoms with Gasteiger partial charge in [0.25, 0.3) is 0 Å². The number of carbonyl (C=O) groups excluding carboxylic acids is 1. The highest BCUT2D eigenvalue weighted by Gasteiger charge is 2.38. The Morgan fingerprint density at radius 3 is 2.43 bits per heavy atom. The number of hydrogen-bond donors (Lipinski definition) is 0. The van der Waals surface area contributed by atoms with Gasteiger partial charge < -0.3 is 4.90 Å². The van der Waals surface area contributed by atoms with Crippen molar-refractivity contribution in [3.63, 3.8) is 0 Å². The first kappa shape index (κ1) is 14.5. The van der Waals surface area contributed by atoms with Gasteiger partial charge in [0.2, 0.25) is 5.91 Å². The van der Waals surface area contributed by atoms with Gasteiger partial charge >= 0.3 is 0 Å². The van der Waals surface area contributed by atoms with Gasteiger partial charge in [0, 0.05) is 12.6 Å². The minimum absolute atomic E-state index is 0.00108. The third-order valence-electron chi connectivity index (χ3n) is 4.58. The molecule has 3 nitrogen and oxygen atoms in total. The third-order valence-corrected chi connectivity index (χ3v) is 5.00. The van der Waals surface area contributed by atoms with Gasteiger partial charge in [-0.2, -0.15) is 0 Å². The van der Waals surface area contributed by atoms with Crippen LogP contribution in [0, 0.1) is 5.92 Å². The first-order valence-electron chi connectivity index (χ1n) is 7.88. The van der Waals surface area contributed by atoms with Crippen LogP contribution in [-0.2, 0) is 4.79 Å². The molecule has 1 aliphatic heterocycles. The zero-order valence-corrected chi connectivity index (χ0v) is 13.3. The maximum absolute atomic E-state index is 12.6. The zero-order valence-electron chi connectivity index (χ0n) is 12.5. The summed E-state index contributed by atoms with van der Waals surface area (Å²) in [6, 6.07) is 10.3. The van der Waals surface area contributed by atoms with Gasteiger partial charge in [-0.05, 0) is 37.2 Å². The van der Waals surface area contributed by atoms with E-state index in [-0.39, 0.29) is 11.8 Å². The molecule has 1 aromatic rings. The summed E-state index contributed by atoms with van der Waals surface area (Å²) in [6.45, 7) is 2.78. The number of carbonyl (C=O) groups is 1. The molecule has 1 amide bonds. The van der Waals surface area contributed by atoms with Crippen LogP contribution < -0.4 is 4.90 Å². The van der Waals surface area contributed by atoms with Crippen LogP contribution in [-0.4, -0.2) is 28.5 Å². The third kappa shape index (κ3) is 2.82. The van der Waals surface area contributed by atoms with Gasteiger partial charge in [0.05, 0.1) is 11.6 Å². The van der Waals surface area contributed by atoms with Crippen molar-refractivity contribution in [1.82, 2.24) is 4.90 Å². The SMILES string of the molecule is C[C@@H]1CN(C2CCCCC2)C(=S)N(c2ccccc2)C1=O. The summed E-state index contributed by atoms with van der Waals surface area (Å²) >= 11 is 5.67. The summed E-state index contributed by atoms with van der Waals surface area (Å²) in [6.07, 6.45) is 6.27. The van der Waals surface area contributed by atoms with E-state index in [2.05, 4.69) is 4.90 Å². The summed E-state index contributed by atoms with van der Waals surface area (Å²) in [5, 5.41) is 0.691. The van der Waals surface area contributed by atoms with Crippen molar-refractivity contribution < 1.29 is 4.79 Å². The van der Waals surface area contributed by atoms with Crippen LogP contribution in [0.25, 0.3) is 0 Å². The predicted octanol–water partition coefficient (Wildman–Crippen LogP) is 3.59. The fraction of sp³-hybridized carbons (Fsp3) is 0.529. The monoisotopic (exact) mass is 302 g/mol. The lowest BCUT2D eigenvalue weighted by molar-refractivity contribution is -0.122. The standard InChI is InChI=1S/C17H22N2OS/c1-13-12-18(14-8-4-2-5-9-14)17(21)19(16(13)20)15-10-6-3-7-11-15/h3,6-7,10-11,13-14H,2,4-5,8-9,12H2,1H3/t13-/m1/s1. The molecule has 1 saturated carbocycles. The molecule has 2 fully saturated rings. The van der Waals surface area contributed by atoms with E-state index < -0.39 is 0 Å². The maximum atomic E-state index is 12.6. The van der Waals surface area contributed by atoms with Gasteiger partial charge in [-0.3, -0.25) is 9.69 Å². The Labute approximate surface area is 131 Å². The number of amides is 1. The second-order valence-electron chi connectivity index (χ2n) is 6.14. The van der Waals surface area contributed by atoms with E-state index in [1.165, 1.54) is 32.1 Å². The van der Waals surface area contributed by atoms with Gasteiger partial charge in [-0.15, -0.1) is 0 Å². The molecule has 0 aromatic heterocycles. The van der Waals surface area contributed by atoms with Gasteiger partial charge in [0.15, 0.2) is 5.11 Å². The molecule has 0 spiro atoms. The van der Waals surface area contributed by atoms with E-state index in [0.717, 1.165) is 12.2 Å². The van der Waals surface area contributed by atoms with E-state index in [1.54, 1.807) is 4.90 Å². The smallest absolute Gasteiger partial charge is 0.237 e. The number of para-hydroxylation sites is 1. The first-order chi connectivity index (χ1) is 10.2. The molecule has 0 radical (unpaired) electrons. The Morgan fingerprint density at radius 2 is 1.76 bits per heavy atom. The molecule has 0 N–H and O–H groups in total. The van der Waals surface area contributed by atoms with Crippen molar-refractivity contribution in [2.24, 2.45) is 5.92 Å². The van der Waals surface area contributed by atoms with E-state index in [1.807, 2.05) is 37.3 Å². The summed E-state index contributed by atoms with van der Waals surface area (Å²) in [5.41, 5.74) is 0.889. The lowest BCUT2D eigenvalue weighted by Gasteiger charge is -2.45. The van der Waals surface area contributed by atoms with Crippen LogP contribution in [0.4, 0.5) is 5.69 Å². The molecule has 1 aromatic carbocycles. The first-order valence-corrected chi connectivity index (χ1v) is 8.29. The molecule has 0 unspecified atom stereocenters. The van der Waals surface area contributed by atoms with E-state index >= 15 is 0 Å². The molecular formula is C17H22N2OS. The molecular weight excluding hydrogens is 280 g/mol.